The van der Waals surface area contributed by atoms with Crippen LogP contribution in [0.4, 0.5) is 10.1 Å². The largest absolute Gasteiger partial charge is 0.421 e. The van der Waals surface area contributed by atoms with E-state index in [1.807, 2.05) is 0 Å². The number of aromatic nitrogens is 2. The minimum Gasteiger partial charge on any atom is -0.421 e. The number of hydrogen-bond acceptors (Lipinski definition) is 4. The molecule has 2 N–H and O–H groups in total. The van der Waals surface area contributed by atoms with Crippen LogP contribution in [0.15, 0.2) is 35.1 Å². The summed E-state index contributed by atoms with van der Waals surface area (Å²) < 4.78 is 19.2. The maximum atomic E-state index is 13.3. The molecule has 82 valence electrons. The molecule has 16 heavy (non-hydrogen) atoms. The Labute approximate surface area is 99.4 Å². The summed E-state index contributed by atoms with van der Waals surface area (Å²) in [4.78, 5) is 7.72. The van der Waals surface area contributed by atoms with Gasteiger partial charge < -0.3 is 10.5 Å². The van der Waals surface area contributed by atoms with Crippen LogP contribution in [0.1, 0.15) is 0 Å². The third-order valence-corrected chi connectivity index (χ3v) is 2.16. The molecule has 0 aliphatic carbocycles. The first-order valence-corrected chi connectivity index (χ1v) is 5.15. The van der Waals surface area contributed by atoms with E-state index < -0.39 is 5.82 Å². The van der Waals surface area contributed by atoms with Crippen LogP contribution in [0.2, 0.25) is 0 Å². The third kappa shape index (κ3) is 2.46. The summed E-state index contributed by atoms with van der Waals surface area (Å²) >= 11 is 3.18. The molecule has 2 rings (SSSR count). The number of ether oxygens (including phenoxy) is 1. The first-order chi connectivity index (χ1) is 7.65. The first kappa shape index (κ1) is 10.8. The Bertz CT molecular complexity index is 504. The van der Waals surface area contributed by atoms with Gasteiger partial charge in [0.05, 0.1) is 4.47 Å². The van der Waals surface area contributed by atoms with Crippen molar-refractivity contribution in [1.29, 1.82) is 0 Å². The van der Waals surface area contributed by atoms with Gasteiger partial charge in [0.2, 0.25) is 0 Å². The zero-order chi connectivity index (χ0) is 11.5. The maximum Gasteiger partial charge on any atom is 0.322 e. The van der Waals surface area contributed by atoms with Gasteiger partial charge in [0, 0.05) is 24.1 Å². The van der Waals surface area contributed by atoms with Crippen LogP contribution in [-0.2, 0) is 0 Å². The molecule has 0 saturated carbocycles. The molecule has 0 aliphatic heterocycles. The van der Waals surface area contributed by atoms with E-state index >= 15 is 0 Å². The molecule has 6 heteroatoms. The zero-order valence-corrected chi connectivity index (χ0v) is 9.61. The summed E-state index contributed by atoms with van der Waals surface area (Å²) in [5.41, 5.74) is 5.74. The normalized spacial score (nSPS) is 10.1. The number of nitrogens with two attached hydrogens (primary N) is 1. The van der Waals surface area contributed by atoms with E-state index in [4.69, 9.17) is 10.5 Å². The monoisotopic (exact) mass is 283 g/mol. The van der Waals surface area contributed by atoms with E-state index in [1.54, 1.807) is 0 Å². The van der Waals surface area contributed by atoms with Crippen molar-refractivity contribution in [3.8, 4) is 11.8 Å². The fourth-order valence-corrected chi connectivity index (χ4v) is 1.26. The van der Waals surface area contributed by atoms with Crippen molar-refractivity contribution < 1.29 is 9.13 Å². The molecule has 0 aliphatic rings. The summed E-state index contributed by atoms with van der Waals surface area (Å²) in [6, 6.07) is 4.22. The average Bonchev–Trinajstić information content (AvgIpc) is 2.25. The van der Waals surface area contributed by atoms with Crippen LogP contribution in [-0.4, -0.2) is 9.97 Å². The molecule has 2 aromatic rings. The Kier molecular flexibility index (Phi) is 3.00. The number of rotatable bonds is 2. The third-order valence-electron chi connectivity index (χ3n) is 1.75. The Morgan fingerprint density at radius 3 is 2.56 bits per heavy atom. The van der Waals surface area contributed by atoms with Crippen molar-refractivity contribution in [2.24, 2.45) is 0 Å². The maximum absolute atomic E-state index is 13.3. The summed E-state index contributed by atoms with van der Waals surface area (Å²) in [6.45, 7) is 0. The van der Waals surface area contributed by atoms with Crippen LogP contribution >= 0.6 is 15.9 Å². The predicted molar refractivity (Wildman–Crippen MR) is 60.6 cm³/mol. The fourth-order valence-electron chi connectivity index (χ4n) is 1.05. The van der Waals surface area contributed by atoms with Crippen LogP contribution in [0.5, 0.6) is 11.8 Å². The second-order valence-corrected chi connectivity index (χ2v) is 3.89. The van der Waals surface area contributed by atoms with Gasteiger partial charge in [-0.3, -0.25) is 0 Å². The van der Waals surface area contributed by atoms with E-state index in [0.29, 0.717) is 5.69 Å². The van der Waals surface area contributed by atoms with Crippen LogP contribution in [0, 0.1) is 5.82 Å². The van der Waals surface area contributed by atoms with Gasteiger partial charge in [-0.1, -0.05) is 0 Å². The second-order valence-electron chi connectivity index (χ2n) is 2.98. The molecular weight excluding hydrogens is 277 g/mol. The first-order valence-electron chi connectivity index (χ1n) is 4.35. The van der Waals surface area contributed by atoms with E-state index in [9.17, 15) is 4.39 Å². The molecule has 0 fully saturated rings. The van der Waals surface area contributed by atoms with Gasteiger partial charge in [-0.2, -0.15) is 0 Å². The van der Waals surface area contributed by atoms with E-state index in [0.717, 1.165) is 4.47 Å². The number of anilines is 1. The molecule has 1 aromatic heterocycles. The van der Waals surface area contributed by atoms with Gasteiger partial charge in [0.1, 0.15) is 0 Å². The summed E-state index contributed by atoms with van der Waals surface area (Å²) in [6.07, 6.45) is 3.02. The van der Waals surface area contributed by atoms with Crippen molar-refractivity contribution in [3.63, 3.8) is 0 Å². The van der Waals surface area contributed by atoms with Crippen LogP contribution in [0.25, 0.3) is 0 Å². The lowest BCUT2D eigenvalue weighted by molar-refractivity contribution is 0.411. The minimum atomic E-state index is -0.550. The smallest absolute Gasteiger partial charge is 0.322 e. The predicted octanol–water partition coefficient (Wildman–Crippen LogP) is 2.75. The van der Waals surface area contributed by atoms with E-state index in [1.165, 1.54) is 30.6 Å². The van der Waals surface area contributed by atoms with Gasteiger partial charge in [-0.15, -0.1) is 0 Å². The van der Waals surface area contributed by atoms with Gasteiger partial charge >= 0.3 is 6.01 Å². The minimum absolute atomic E-state index is 0.0384. The molecule has 0 unspecified atom stereocenters. The Balaban J connectivity index is 2.23. The van der Waals surface area contributed by atoms with Crippen molar-refractivity contribution in [2.45, 2.75) is 0 Å². The van der Waals surface area contributed by atoms with E-state index in [-0.39, 0.29) is 11.8 Å². The quantitative estimate of drug-likeness (QED) is 0.861. The highest BCUT2D eigenvalue weighted by molar-refractivity contribution is 9.10. The van der Waals surface area contributed by atoms with Crippen LogP contribution < -0.4 is 10.5 Å². The van der Waals surface area contributed by atoms with E-state index in [2.05, 4.69) is 25.9 Å². The number of nitrogen functional groups attached to an aromatic ring is 1. The molecule has 0 spiro atoms. The Morgan fingerprint density at radius 1 is 1.25 bits per heavy atom. The summed E-state index contributed by atoms with van der Waals surface area (Å²) in [5, 5.41) is 0. The molecular formula is C10H7BrFN3O. The molecule has 0 saturated heterocycles. The van der Waals surface area contributed by atoms with Crippen molar-refractivity contribution in [2.75, 3.05) is 5.73 Å². The molecule has 1 aromatic carbocycles. The van der Waals surface area contributed by atoms with Crippen molar-refractivity contribution in [3.05, 3.63) is 40.9 Å². The Hall–Kier alpha value is -1.69. The molecule has 0 bridgehead atoms. The fraction of sp³-hybridized carbons (Fsp3) is 0. The highest BCUT2D eigenvalue weighted by atomic mass is 79.9. The lowest BCUT2D eigenvalue weighted by atomic mass is 10.3. The molecule has 0 atom stereocenters. The van der Waals surface area contributed by atoms with Crippen LogP contribution in [0.3, 0.4) is 0 Å². The standard InChI is InChI=1S/C10H7BrFN3O/c11-6-4-14-10(15-5-6)16-9-2-1-7(13)3-8(9)12/h1-5H,13H2. The number of nitrogens with zero attached hydrogens (tertiary/aromatic N) is 2. The molecule has 1 heterocycles. The molecule has 4 nitrogen and oxygen atoms in total. The molecule has 0 amide bonds. The Morgan fingerprint density at radius 2 is 1.94 bits per heavy atom. The zero-order valence-electron chi connectivity index (χ0n) is 8.02. The average molecular weight is 284 g/mol. The lowest BCUT2D eigenvalue weighted by Crippen LogP contribution is -1.94. The highest BCUT2D eigenvalue weighted by Crippen LogP contribution is 2.23. The SMILES string of the molecule is Nc1ccc(Oc2ncc(Br)cn2)c(F)c1. The number of benzene rings is 1. The van der Waals surface area contributed by atoms with Gasteiger partial charge in [0.25, 0.3) is 0 Å². The van der Waals surface area contributed by atoms with Gasteiger partial charge in [-0.05, 0) is 28.1 Å². The number of hydrogen-bond donors (Lipinski definition) is 1. The summed E-state index contributed by atoms with van der Waals surface area (Å²) in [5.74, 6) is -0.511. The topological polar surface area (TPSA) is 61.0 Å². The van der Waals surface area contributed by atoms with Crippen molar-refractivity contribution in [1.82, 2.24) is 9.97 Å². The second kappa shape index (κ2) is 4.44. The van der Waals surface area contributed by atoms with Gasteiger partial charge in [-0.25, -0.2) is 14.4 Å². The summed E-state index contributed by atoms with van der Waals surface area (Å²) in [7, 11) is 0. The van der Waals surface area contributed by atoms with Gasteiger partial charge in [0.15, 0.2) is 11.6 Å². The van der Waals surface area contributed by atoms with Crippen molar-refractivity contribution >= 4 is 21.6 Å². The highest BCUT2D eigenvalue weighted by Gasteiger charge is 2.06. The lowest BCUT2D eigenvalue weighted by Gasteiger charge is -2.04. The molecule has 0 radical (unpaired) electrons. The number of halogens is 2.